The lowest BCUT2D eigenvalue weighted by atomic mass is 10.0. The molecule has 0 amide bonds. The second-order valence-corrected chi connectivity index (χ2v) is 8.16. The van der Waals surface area contributed by atoms with Crippen molar-refractivity contribution in [3.05, 3.63) is 89.6 Å². The minimum Gasteiger partial charge on any atom is -0.333 e. The maximum Gasteiger partial charge on any atom is 0.416 e. The Kier molecular flexibility index (Phi) is 4.94. The van der Waals surface area contributed by atoms with Gasteiger partial charge in [-0.3, -0.25) is 0 Å². The van der Waals surface area contributed by atoms with Gasteiger partial charge in [-0.1, -0.05) is 47.1 Å². The van der Waals surface area contributed by atoms with E-state index >= 15 is 0 Å². The van der Waals surface area contributed by atoms with Crippen LogP contribution in [0.2, 0.25) is 0 Å². The first-order valence-electron chi connectivity index (χ1n) is 9.74. The summed E-state index contributed by atoms with van der Waals surface area (Å²) in [6.45, 7) is 2.04. The molecular formula is C24H16F3N3OS. The first kappa shape index (κ1) is 20.3. The van der Waals surface area contributed by atoms with Crippen LogP contribution in [0.3, 0.4) is 0 Å². The minimum absolute atomic E-state index is 0.234. The smallest absolute Gasteiger partial charge is 0.333 e. The number of nitrogens with zero attached hydrogens (tertiary/aromatic N) is 3. The lowest BCUT2D eigenvalue weighted by Gasteiger charge is -2.08. The van der Waals surface area contributed by atoms with Crippen molar-refractivity contribution in [2.75, 3.05) is 0 Å². The number of aryl methyl sites for hydroxylation is 1. The van der Waals surface area contributed by atoms with E-state index in [-0.39, 0.29) is 5.82 Å². The molecule has 0 aliphatic heterocycles. The maximum atomic E-state index is 12.8. The molecule has 32 heavy (non-hydrogen) atoms. The summed E-state index contributed by atoms with van der Waals surface area (Å²) in [5.41, 5.74) is 3.88. The number of halogens is 3. The first-order valence-corrected chi connectivity index (χ1v) is 10.6. The van der Waals surface area contributed by atoms with Gasteiger partial charge in [0, 0.05) is 28.9 Å². The molecule has 5 aromatic rings. The zero-order valence-electron chi connectivity index (χ0n) is 16.8. The van der Waals surface area contributed by atoms with E-state index < -0.39 is 11.7 Å². The minimum atomic E-state index is -4.39. The highest BCUT2D eigenvalue weighted by Gasteiger charge is 2.30. The highest BCUT2D eigenvalue weighted by atomic mass is 32.1. The third-order valence-electron chi connectivity index (χ3n) is 5.05. The zero-order chi connectivity index (χ0) is 22.3. The van der Waals surface area contributed by atoms with Crippen molar-refractivity contribution in [2.24, 2.45) is 0 Å². The van der Waals surface area contributed by atoms with Gasteiger partial charge in [-0.2, -0.15) is 18.2 Å². The SMILES string of the molecule is Cc1cccc(-c2csc(-c3nc(-c4ccc(C(F)(F)F)cc4)no3)c2-n2cccc2)c1. The van der Waals surface area contributed by atoms with Gasteiger partial charge in [-0.05, 0) is 36.8 Å². The molecule has 0 N–H and O–H groups in total. The van der Waals surface area contributed by atoms with Crippen LogP contribution in [0.15, 0.2) is 83.0 Å². The van der Waals surface area contributed by atoms with E-state index in [1.165, 1.54) is 23.5 Å². The molecule has 0 aliphatic rings. The Bertz CT molecular complexity index is 1370. The summed E-state index contributed by atoms with van der Waals surface area (Å²) < 4.78 is 46.0. The monoisotopic (exact) mass is 451 g/mol. The molecule has 160 valence electrons. The second kappa shape index (κ2) is 7.80. The van der Waals surface area contributed by atoms with Gasteiger partial charge in [0.2, 0.25) is 5.82 Å². The van der Waals surface area contributed by atoms with Crippen molar-refractivity contribution in [3.63, 3.8) is 0 Å². The average molecular weight is 451 g/mol. The molecule has 0 spiro atoms. The highest BCUT2D eigenvalue weighted by Crippen LogP contribution is 2.41. The van der Waals surface area contributed by atoms with E-state index in [0.29, 0.717) is 11.5 Å². The Balaban J connectivity index is 1.57. The van der Waals surface area contributed by atoms with Crippen LogP contribution >= 0.6 is 11.3 Å². The molecular weight excluding hydrogens is 435 g/mol. The Morgan fingerprint density at radius 1 is 0.938 bits per heavy atom. The molecule has 3 aromatic heterocycles. The predicted octanol–water partition coefficient (Wildman–Crippen LogP) is 7.25. The zero-order valence-corrected chi connectivity index (χ0v) is 17.6. The largest absolute Gasteiger partial charge is 0.416 e. The Morgan fingerprint density at radius 3 is 2.38 bits per heavy atom. The van der Waals surface area contributed by atoms with Gasteiger partial charge in [0.1, 0.15) is 4.88 Å². The lowest BCUT2D eigenvalue weighted by molar-refractivity contribution is -0.137. The predicted molar refractivity (Wildman–Crippen MR) is 118 cm³/mol. The molecule has 0 bridgehead atoms. The van der Waals surface area contributed by atoms with E-state index in [0.717, 1.165) is 39.4 Å². The van der Waals surface area contributed by atoms with Crippen molar-refractivity contribution in [3.8, 4) is 39.0 Å². The van der Waals surface area contributed by atoms with Crippen LogP contribution < -0.4 is 0 Å². The number of alkyl halides is 3. The second-order valence-electron chi connectivity index (χ2n) is 7.29. The van der Waals surface area contributed by atoms with Crippen LogP contribution in [0.4, 0.5) is 13.2 Å². The highest BCUT2D eigenvalue weighted by molar-refractivity contribution is 7.14. The number of hydrogen-bond donors (Lipinski definition) is 0. The number of aromatic nitrogens is 3. The van der Waals surface area contributed by atoms with Gasteiger partial charge >= 0.3 is 6.18 Å². The fourth-order valence-corrected chi connectivity index (χ4v) is 4.50. The summed E-state index contributed by atoms with van der Waals surface area (Å²) in [6.07, 6.45) is -0.508. The Labute approximate surface area is 185 Å². The van der Waals surface area contributed by atoms with Crippen LogP contribution in [-0.2, 0) is 6.18 Å². The molecule has 0 radical (unpaired) electrons. The van der Waals surface area contributed by atoms with E-state index in [2.05, 4.69) is 16.2 Å². The summed E-state index contributed by atoms with van der Waals surface area (Å²) >= 11 is 1.48. The topological polar surface area (TPSA) is 43.9 Å². The molecule has 0 fully saturated rings. The van der Waals surface area contributed by atoms with Gasteiger partial charge in [0.15, 0.2) is 0 Å². The maximum absolute atomic E-state index is 12.8. The van der Waals surface area contributed by atoms with Crippen LogP contribution in [0, 0.1) is 6.92 Å². The van der Waals surface area contributed by atoms with Crippen molar-refractivity contribution in [2.45, 2.75) is 13.1 Å². The van der Waals surface area contributed by atoms with Crippen molar-refractivity contribution in [1.82, 2.24) is 14.7 Å². The molecule has 5 rings (SSSR count). The Hall–Kier alpha value is -3.65. The van der Waals surface area contributed by atoms with Crippen molar-refractivity contribution < 1.29 is 17.7 Å². The van der Waals surface area contributed by atoms with E-state index in [4.69, 9.17) is 4.52 Å². The number of thiophene rings is 1. The summed E-state index contributed by atoms with van der Waals surface area (Å²) in [6, 6.07) is 16.8. The third-order valence-corrected chi connectivity index (χ3v) is 6.00. The molecule has 0 atom stereocenters. The van der Waals surface area contributed by atoms with Crippen LogP contribution in [-0.4, -0.2) is 14.7 Å². The standard InChI is InChI=1S/C24H16F3N3OS/c1-15-5-4-6-17(13-15)19-14-32-21(20(19)30-11-2-3-12-30)23-28-22(29-31-23)16-7-9-18(10-8-16)24(25,26)27/h2-14H,1H3. The summed E-state index contributed by atoms with van der Waals surface area (Å²) in [4.78, 5) is 5.26. The van der Waals surface area contributed by atoms with Crippen LogP contribution in [0.1, 0.15) is 11.1 Å². The van der Waals surface area contributed by atoms with Crippen molar-refractivity contribution in [1.29, 1.82) is 0 Å². The Morgan fingerprint density at radius 2 is 1.69 bits per heavy atom. The lowest BCUT2D eigenvalue weighted by Crippen LogP contribution is -2.04. The molecule has 3 heterocycles. The van der Waals surface area contributed by atoms with Gasteiger partial charge in [-0.15, -0.1) is 11.3 Å². The van der Waals surface area contributed by atoms with E-state index in [9.17, 15) is 13.2 Å². The molecule has 4 nitrogen and oxygen atoms in total. The number of rotatable bonds is 4. The van der Waals surface area contributed by atoms with Crippen LogP contribution in [0.25, 0.3) is 39.0 Å². The van der Waals surface area contributed by atoms with Gasteiger partial charge in [-0.25, -0.2) is 0 Å². The van der Waals surface area contributed by atoms with Crippen molar-refractivity contribution >= 4 is 11.3 Å². The fourth-order valence-electron chi connectivity index (χ4n) is 3.50. The normalized spacial score (nSPS) is 11.8. The summed E-state index contributed by atoms with van der Waals surface area (Å²) in [5.74, 6) is 0.546. The van der Waals surface area contributed by atoms with Gasteiger partial charge in [0.25, 0.3) is 5.89 Å². The molecule has 2 aromatic carbocycles. The summed E-state index contributed by atoms with van der Waals surface area (Å²) in [7, 11) is 0. The van der Waals surface area contributed by atoms with Gasteiger partial charge < -0.3 is 9.09 Å². The quantitative estimate of drug-likeness (QED) is 0.289. The molecule has 8 heteroatoms. The number of benzene rings is 2. The molecule has 0 unspecified atom stereocenters. The van der Waals surface area contributed by atoms with Gasteiger partial charge in [0.05, 0.1) is 11.3 Å². The molecule has 0 saturated carbocycles. The molecule has 0 saturated heterocycles. The first-order chi connectivity index (χ1) is 15.4. The van der Waals surface area contributed by atoms with Crippen LogP contribution in [0.5, 0.6) is 0 Å². The average Bonchev–Trinajstić information content (AvgIpc) is 3.52. The fraction of sp³-hybridized carbons (Fsp3) is 0.0833. The molecule has 0 aliphatic carbocycles. The van der Waals surface area contributed by atoms with E-state index in [1.807, 2.05) is 59.6 Å². The third kappa shape index (κ3) is 3.73. The summed E-state index contributed by atoms with van der Waals surface area (Å²) in [5, 5.41) is 6.05. The number of hydrogen-bond acceptors (Lipinski definition) is 4. The van der Waals surface area contributed by atoms with E-state index in [1.54, 1.807) is 0 Å².